The molecule has 4 N–H and O–H groups in total. The Morgan fingerprint density at radius 3 is 2.61 bits per heavy atom. The maximum Gasteiger partial charge on any atom is 0.211 e. The van der Waals surface area contributed by atoms with Gasteiger partial charge >= 0.3 is 0 Å². The van der Waals surface area contributed by atoms with Gasteiger partial charge in [-0.25, -0.2) is 0 Å². The van der Waals surface area contributed by atoms with Crippen LogP contribution in [0.5, 0.6) is 5.75 Å². The quantitative estimate of drug-likeness (QED) is 0.445. The molecular weight excluding hydrogens is 292 g/mol. The number of benzene rings is 2. The van der Waals surface area contributed by atoms with Crippen molar-refractivity contribution in [3.63, 3.8) is 0 Å². The maximum absolute atomic E-state index is 10.5. The predicted octanol–water partition coefficient (Wildman–Crippen LogP) is 2.21. The van der Waals surface area contributed by atoms with Crippen LogP contribution in [0.25, 0.3) is 0 Å². The Morgan fingerprint density at radius 1 is 1.17 bits per heavy atom. The second-order valence-electron chi connectivity index (χ2n) is 5.55. The number of aromatic hydroxyl groups is 1. The summed E-state index contributed by atoms with van der Waals surface area (Å²) in [6, 6.07) is 15.0. The van der Waals surface area contributed by atoms with Crippen molar-refractivity contribution in [2.75, 3.05) is 11.9 Å². The average Bonchev–Trinajstić information content (AvgIpc) is 2.56. The Kier molecular flexibility index (Phi) is 6.14. The minimum absolute atomic E-state index is 0.0292. The van der Waals surface area contributed by atoms with Gasteiger partial charge in [0.05, 0.1) is 11.8 Å². The molecule has 2 aromatic rings. The second kappa shape index (κ2) is 8.31. The molecule has 1 amide bonds. The third-order valence-electron chi connectivity index (χ3n) is 3.66. The van der Waals surface area contributed by atoms with Crippen LogP contribution in [0.15, 0.2) is 48.5 Å². The molecular formula is C18H22N2O3. The number of hydrogen-bond donors (Lipinski definition) is 4. The first-order valence-electron chi connectivity index (χ1n) is 7.58. The SMILES string of the molecule is C[C@H](Cc1ccccc1)NC[C@H](O)c1ccc(O)c(NC=O)c1. The summed E-state index contributed by atoms with van der Waals surface area (Å²) >= 11 is 0. The summed E-state index contributed by atoms with van der Waals surface area (Å²) in [6.45, 7) is 2.45. The van der Waals surface area contributed by atoms with Gasteiger partial charge in [-0.2, -0.15) is 0 Å². The zero-order valence-corrected chi connectivity index (χ0v) is 13.1. The Balaban J connectivity index is 1.90. The summed E-state index contributed by atoms with van der Waals surface area (Å²) in [5.74, 6) is -0.0292. The molecule has 2 atom stereocenters. The molecule has 2 rings (SSSR count). The highest BCUT2D eigenvalue weighted by Gasteiger charge is 2.12. The van der Waals surface area contributed by atoms with E-state index in [1.165, 1.54) is 11.6 Å². The molecule has 0 fully saturated rings. The van der Waals surface area contributed by atoms with Crippen molar-refractivity contribution in [1.82, 2.24) is 5.32 Å². The summed E-state index contributed by atoms with van der Waals surface area (Å²) in [7, 11) is 0. The lowest BCUT2D eigenvalue weighted by Crippen LogP contribution is -2.32. The molecule has 0 aliphatic carbocycles. The van der Waals surface area contributed by atoms with E-state index < -0.39 is 6.10 Å². The van der Waals surface area contributed by atoms with Gasteiger partial charge in [0.25, 0.3) is 0 Å². The highest BCUT2D eigenvalue weighted by Crippen LogP contribution is 2.26. The Bertz CT molecular complexity index is 631. The van der Waals surface area contributed by atoms with Crippen molar-refractivity contribution >= 4 is 12.1 Å². The normalized spacial score (nSPS) is 13.3. The zero-order chi connectivity index (χ0) is 16.7. The average molecular weight is 314 g/mol. The van der Waals surface area contributed by atoms with E-state index in [2.05, 4.69) is 29.7 Å². The topological polar surface area (TPSA) is 81.6 Å². The third kappa shape index (κ3) is 5.09. The van der Waals surface area contributed by atoms with Gasteiger partial charge in [0, 0.05) is 12.6 Å². The standard InChI is InChI=1S/C18H22N2O3/c1-13(9-14-5-3-2-4-6-14)19-11-18(23)15-7-8-17(22)16(10-15)20-12-21/h2-8,10,12-13,18-19,22-23H,9,11H2,1H3,(H,20,21)/t13-,18+/m1/s1. The molecule has 2 aromatic carbocycles. The number of phenolic OH excluding ortho intramolecular Hbond substituents is 1. The van der Waals surface area contributed by atoms with Crippen molar-refractivity contribution in [2.45, 2.75) is 25.5 Å². The van der Waals surface area contributed by atoms with Crippen LogP contribution in [0.2, 0.25) is 0 Å². The number of aliphatic hydroxyl groups excluding tert-OH is 1. The fraction of sp³-hybridized carbons (Fsp3) is 0.278. The monoisotopic (exact) mass is 314 g/mol. The van der Waals surface area contributed by atoms with Gasteiger partial charge < -0.3 is 20.8 Å². The van der Waals surface area contributed by atoms with Crippen molar-refractivity contribution in [3.8, 4) is 5.75 Å². The van der Waals surface area contributed by atoms with Crippen LogP contribution < -0.4 is 10.6 Å². The largest absolute Gasteiger partial charge is 0.506 e. The van der Waals surface area contributed by atoms with Gasteiger partial charge in [-0.15, -0.1) is 0 Å². The molecule has 0 spiro atoms. The maximum atomic E-state index is 10.5. The first kappa shape index (κ1) is 17.0. The number of hydrogen-bond acceptors (Lipinski definition) is 4. The first-order valence-corrected chi connectivity index (χ1v) is 7.58. The molecule has 0 unspecified atom stereocenters. The van der Waals surface area contributed by atoms with Crippen molar-refractivity contribution < 1.29 is 15.0 Å². The molecule has 0 saturated carbocycles. The molecule has 0 bridgehead atoms. The number of rotatable bonds is 8. The van der Waals surface area contributed by atoms with Gasteiger partial charge in [-0.05, 0) is 36.6 Å². The number of carbonyl (C=O) groups is 1. The molecule has 0 aliphatic heterocycles. The van der Waals surface area contributed by atoms with E-state index in [9.17, 15) is 15.0 Å². The number of anilines is 1. The number of aliphatic hydroxyl groups is 1. The molecule has 122 valence electrons. The van der Waals surface area contributed by atoms with Crippen molar-refractivity contribution in [1.29, 1.82) is 0 Å². The van der Waals surface area contributed by atoms with Crippen molar-refractivity contribution in [2.24, 2.45) is 0 Å². The molecule has 0 heterocycles. The highest BCUT2D eigenvalue weighted by molar-refractivity contribution is 5.75. The zero-order valence-electron chi connectivity index (χ0n) is 13.1. The van der Waals surface area contributed by atoms with Gasteiger partial charge in [0.1, 0.15) is 5.75 Å². The van der Waals surface area contributed by atoms with Crippen LogP contribution in [0.1, 0.15) is 24.2 Å². The molecule has 0 radical (unpaired) electrons. The Hall–Kier alpha value is -2.37. The van der Waals surface area contributed by atoms with E-state index in [0.717, 1.165) is 6.42 Å². The van der Waals surface area contributed by atoms with Gasteiger partial charge in [-0.3, -0.25) is 4.79 Å². The Labute approximate surface area is 136 Å². The molecule has 5 nitrogen and oxygen atoms in total. The second-order valence-corrected chi connectivity index (χ2v) is 5.55. The fourth-order valence-electron chi connectivity index (χ4n) is 2.41. The number of nitrogens with one attached hydrogen (secondary N) is 2. The Morgan fingerprint density at radius 2 is 1.91 bits per heavy atom. The van der Waals surface area contributed by atoms with Crippen LogP contribution >= 0.6 is 0 Å². The van der Waals surface area contributed by atoms with Crippen LogP contribution in [-0.2, 0) is 11.2 Å². The van der Waals surface area contributed by atoms with E-state index in [4.69, 9.17) is 0 Å². The molecule has 23 heavy (non-hydrogen) atoms. The summed E-state index contributed by atoms with van der Waals surface area (Å²) in [6.07, 6.45) is 0.646. The predicted molar refractivity (Wildman–Crippen MR) is 90.4 cm³/mol. The summed E-state index contributed by atoms with van der Waals surface area (Å²) in [5.41, 5.74) is 2.16. The van der Waals surface area contributed by atoms with Crippen LogP contribution in [-0.4, -0.2) is 29.2 Å². The summed E-state index contributed by atoms with van der Waals surface area (Å²) in [5, 5.41) is 25.6. The third-order valence-corrected chi connectivity index (χ3v) is 3.66. The van der Waals surface area contributed by atoms with E-state index in [1.807, 2.05) is 18.2 Å². The van der Waals surface area contributed by atoms with Gasteiger partial charge in [0.15, 0.2) is 0 Å². The van der Waals surface area contributed by atoms with Gasteiger partial charge in [0.2, 0.25) is 6.41 Å². The van der Waals surface area contributed by atoms with Gasteiger partial charge in [-0.1, -0.05) is 36.4 Å². The minimum Gasteiger partial charge on any atom is -0.506 e. The minimum atomic E-state index is -0.721. The lowest BCUT2D eigenvalue weighted by atomic mass is 10.1. The first-order chi connectivity index (χ1) is 11.1. The molecule has 0 aliphatic rings. The lowest BCUT2D eigenvalue weighted by Gasteiger charge is -2.18. The highest BCUT2D eigenvalue weighted by atomic mass is 16.3. The summed E-state index contributed by atoms with van der Waals surface area (Å²) < 4.78 is 0. The van der Waals surface area contributed by atoms with E-state index in [-0.39, 0.29) is 17.5 Å². The smallest absolute Gasteiger partial charge is 0.211 e. The fourth-order valence-corrected chi connectivity index (χ4v) is 2.41. The molecule has 5 heteroatoms. The van der Waals surface area contributed by atoms with Crippen LogP contribution in [0.4, 0.5) is 5.69 Å². The van der Waals surface area contributed by atoms with E-state index in [0.29, 0.717) is 18.5 Å². The van der Waals surface area contributed by atoms with E-state index >= 15 is 0 Å². The van der Waals surface area contributed by atoms with Crippen molar-refractivity contribution in [3.05, 3.63) is 59.7 Å². The lowest BCUT2D eigenvalue weighted by molar-refractivity contribution is -0.105. The molecule has 0 aromatic heterocycles. The van der Waals surface area contributed by atoms with Crippen LogP contribution in [0, 0.1) is 0 Å². The molecule has 0 saturated heterocycles. The summed E-state index contributed by atoms with van der Waals surface area (Å²) in [4.78, 5) is 10.5. The number of amides is 1. The van der Waals surface area contributed by atoms with Crippen LogP contribution in [0.3, 0.4) is 0 Å². The van der Waals surface area contributed by atoms with E-state index in [1.54, 1.807) is 12.1 Å². The number of carbonyl (C=O) groups excluding carboxylic acids is 1. The number of phenols is 1.